The Morgan fingerprint density at radius 1 is 0.938 bits per heavy atom. The molecule has 1 aliphatic rings. The van der Waals surface area contributed by atoms with Gasteiger partial charge in [0.05, 0.1) is 30.9 Å². The third-order valence-electron chi connectivity index (χ3n) is 5.62. The first-order valence-electron chi connectivity index (χ1n) is 10.2. The Kier molecular flexibility index (Phi) is 4.78. The van der Waals surface area contributed by atoms with E-state index in [9.17, 15) is 4.79 Å². The minimum Gasteiger partial charge on any atom is -0.497 e. The molecule has 0 spiro atoms. The zero-order chi connectivity index (χ0) is 22.2. The maximum absolute atomic E-state index is 13.8. The second-order valence-corrected chi connectivity index (χ2v) is 7.48. The normalized spacial score (nSPS) is 16.1. The topological polar surface area (TPSA) is 93.5 Å². The molecule has 2 heterocycles. The van der Waals surface area contributed by atoms with Crippen LogP contribution in [0.15, 0.2) is 78.6 Å². The number of hydrogen-bond acceptors (Lipinski definition) is 6. The monoisotopic (exact) mass is 426 g/mol. The van der Waals surface area contributed by atoms with Gasteiger partial charge in [0.15, 0.2) is 5.78 Å². The molecule has 0 saturated carbocycles. The average Bonchev–Trinajstić information content (AvgIpc) is 3.36. The van der Waals surface area contributed by atoms with Gasteiger partial charge in [-0.05, 0) is 17.7 Å². The quantitative estimate of drug-likeness (QED) is 0.500. The van der Waals surface area contributed by atoms with Crippen LogP contribution in [0.4, 0.5) is 5.69 Å². The molecule has 1 aliphatic heterocycles. The molecule has 160 valence electrons. The fourth-order valence-corrected chi connectivity index (χ4v) is 4.10. The number of nitrogens with zero attached hydrogens (tertiary/aromatic N) is 2. The number of fused-ring (bicyclic) bond motifs is 1. The van der Waals surface area contributed by atoms with E-state index in [1.165, 1.54) is 0 Å². The molecular formula is C25H22N4O3. The Bertz CT molecular complexity index is 1290. The van der Waals surface area contributed by atoms with E-state index >= 15 is 0 Å². The summed E-state index contributed by atoms with van der Waals surface area (Å²) in [6.07, 6.45) is 0. The van der Waals surface area contributed by atoms with Crippen molar-refractivity contribution in [1.29, 1.82) is 0 Å². The van der Waals surface area contributed by atoms with Gasteiger partial charge in [-0.2, -0.15) is 0 Å². The van der Waals surface area contributed by atoms with Crippen molar-refractivity contribution >= 4 is 28.1 Å². The zero-order valence-corrected chi connectivity index (χ0v) is 17.7. The van der Waals surface area contributed by atoms with Gasteiger partial charge in [0.1, 0.15) is 34.8 Å². The lowest BCUT2D eigenvalue weighted by atomic mass is 9.99. The highest BCUT2D eigenvalue weighted by molar-refractivity contribution is 6.28. The standard InChI is InChI=1S/C25H22N4O3/c1-31-17-12-16(13-18(14-17)32-2)29-22(15-8-4-3-5-9-15)23(30)21(24(29)26)25-27-19-10-6-7-11-20(19)28-25/h3-14,22H,26H2,1-2H3,(H,27,28)/t22-/m0/s1. The molecule has 0 fully saturated rings. The number of Topliss-reactive ketones (excluding diaryl/α,β-unsaturated/α-hetero) is 1. The highest BCUT2D eigenvalue weighted by atomic mass is 16.5. The van der Waals surface area contributed by atoms with E-state index in [1.54, 1.807) is 20.3 Å². The van der Waals surface area contributed by atoms with Crippen LogP contribution in [-0.4, -0.2) is 30.0 Å². The lowest BCUT2D eigenvalue weighted by Crippen LogP contribution is -2.29. The number of benzene rings is 3. The van der Waals surface area contributed by atoms with Gasteiger partial charge in [-0.15, -0.1) is 0 Å². The summed E-state index contributed by atoms with van der Waals surface area (Å²) in [5, 5.41) is 0. The molecule has 0 aliphatic carbocycles. The summed E-state index contributed by atoms with van der Waals surface area (Å²) in [6, 6.07) is 22.0. The second-order valence-electron chi connectivity index (χ2n) is 7.48. The molecule has 0 bridgehead atoms. The molecule has 0 saturated heterocycles. The zero-order valence-electron chi connectivity index (χ0n) is 17.7. The summed E-state index contributed by atoms with van der Waals surface area (Å²) < 4.78 is 10.9. The van der Waals surface area contributed by atoms with Crippen LogP contribution in [0.1, 0.15) is 17.4 Å². The molecule has 1 aromatic heterocycles. The number of carbonyl (C=O) groups is 1. The van der Waals surface area contributed by atoms with Crippen molar-refractivity contribution in [3.8, 4) is 11.5 Å². The number of nitrogens with two attached hydrogens (primary N) is 1. The van der Waals surface area contributed by atoms with Gasteiger partial charge in [0.25, 0.3) is 0 Å². The van der Waals surface area contributed by atoms with Crippen molar-refractivity contribution in [2.75, 3.05) is 19.1 Å². The van der Waals surface area contributed by atoms with E-state index in [2.05, 4.69) is 9.97 Å². The number of para-hydroxylation sites is 2. The smallest absolute Gasteiger partial charge is 0.197 e. The molecule has 7 nitrogen and oxygen atoms in total. The third kappa shape index (κ3) is 3.15. The largest absolute Gasteiger partial charge is 0.497 e. The van der Waals surface area contributed by atoms with E-state index < -0.39 is 6.04 Å². The number of hydrogen-bond donors (Lipinski definition) is 2. The summed E-state index contributed by atoms with van der Waals surface area (Å²) in [5.41, 5.74) is 10.1. The first-order chi connectivity index (χ1) is 15.6. The minimum atomic E-state index is -0.642. The highest BCUT2D eigenvalue weighted by Crippen LogP contribution is 2.43. The van der Waals surface area contributed by atoms with Crippen molar-refractivity contribution in [3.63, 3.8) is 0 Å². The summed E-state index contributed by atoms with van der Waals surface area (Å²) in [7, 11) is 3.17. The predicted octanol–water partition coefficient (Wildman–Crippen LogP) is 4.04. The summed E-state index contributed by atoms with van der Waals surface area (Å²) >= 11 is 0. The van der Waals surface area contributed by atoms with Gasteiger partial charge < -0.3 is 25.1 Å². The van der Waals surface area contributed by atoms with Crippen molar-refractivity contribution in [2.24, 2.45) is 5.73 Å². The second kappa shape index (κ2) is 7.77. The fraction of sp³-hybridized carbons (Fsp3) is 0.120. The number of methoxy groups -OCH3 is 2. The van der Waals surface area contributed by atoms with Gasteiger partial charge in [0.2, 0.25) is 0 Å². The number of ether oxygens (including phenoxy) is 2. The van der Waals surface area contributed by atoms with Gasteiger partial charge >= 0.3 is 0 Å². The van der Waals surface area contributed by atoms with Crippen LogP contribution in [0.2, 0.25) is 0 Å². The van der Waals surface area contributed by atoms with Crippen LogP contribution in [0.5, 0.6) is 11.5 Å². The molecule has 3 N–H and O–H groups in total. The lowest BCUT2D eigenvalue weighted by Gasteiger charge is -2.28. The number of aromatic nitrogens is 2. The molecular weight excluding hydrogens is 404 g/mol. The molecule has 4 aromatic rings. The van der Waals surface area contributed by atoms with Crippen LogP contribution in [0.25, 0.3) is 16.6 Å². The van der Waals surface area contributed by atoms with Crippen molar-refractivity contribution < 1.29 is 14.3 Å². The van der Waals surface area contributed by atoms with E-state index in [0.717, 1.165) is 16.6 Å². The summed E-state index contributed by atoms with van der Waals surface area (Å²) in [4.78, 5) is 23.5. The van der Waals surface area contributed by atoms with Crippen LogP contribution < -0.4 is 20.1 Å². The fourth-order valence-electron chi connectivity index (χ4n) is 4.10. The molecule has 0 unspecified atom stereocenters. The Morgan fingerprint density at radius 2 is 1.59 bits per heavy atom. The van der Waals surface area contributed by atoms with E-state index in [4.69, 9.17) is 15.2 Å². The number of aromatic amines is 1. The molecule has 7 heteroatoms. The number of anilines is 1. The van der Waals surface area contributed by atoms with Crippen LogP contribution in [-0.2, 0) is 4.79 Å². The van der Waals surface area contributed by atoms with Gasteiger partial charge in [0, 0.05) is 18.2 Å². The van der Waals surface area contributed by atoms with E-state index in [0.29, 0.717) is 34.4 Å². The highest BCUT2D eigenvalue weighted by Gasteiger charge is 2.42. The number of rotatable bonds is 5. The first kappa shape index (κ1) is 19.7. The number of H-pyrrole nitrogens is 1. The predicted molar refractivity (Wildman–Crippen MR) is 123 cm³/mol. The third-order valence-corrected chi connectivity index (χ3v) is 5.62. The summed E-state index contributed by atoms with van der Waals surface area (Å²) in [5.74, 6) is 1.84. The number of carbonyl (C=O) groups excluding carboxylic acids is 1. The SMILES string of the molecule is COc1cc(OC)cc(N2C(N)=C(c3nc4ccccc4[nH]3)C(=O)[C@@H]2c2ccccc2)c1. The van der Waals surface area contributed by atoms with Crippen molar-refractivity contribution in [2.45, 2.75) is 6.04 Å². The Morgan fingerprint density at radius 3 is 2.25 bits per heavy atom. The van der Waals surface area contributed by atoms with E-state index in [1.807, 2.05) is 71.6 Å². The number of nitrogens with one attached hydrogen (secondary N) is 1. The Balaban J connectivity index is 1.71. The van der Waals surface area contributed by atoms with Gasteiger partial charge in [-0.1, -0.05) is 42.5 Å². The Labute approximate surface area is 185 Å². The van der Waals surface area contributed by atoms with E-state index in [-0.39, 0.29) is 5.78 Å². The maximum atomic E-state index is 13.8. The average molecular weight is 426 g/mol. The van der Waals surface area contributed by atoms with Gasteiger partial charge in [-0.25, -0.2) is 4.98 Å². The molecule has 5 rings (SSSR count). The maximum Gasteiger partial charge on any atom is 0.197 e. The van der Waals surface area contributed by atoms with Crippen LogP contribution in [0.3, 0.4) is 0 Å². The molecule has 0 radical (unpaired) electrons. The van der Waals surface area contributed by atoms with Crippen molar-refractivity contribution in [1.82, 2.24) is 9.97 Å². The summed E-state index contributed by atoms with van der Waals surface area (Å²) in [6.45, 7) is 0. The molecule has 1 atom stereocenters. The van der Waals surface area contributed by atoms with Crippen molar-refractivity contribution in [3.05, 3.63) is 90.0 Å². The number of ketones is 1. The number of imidazole rings is 1. The van der Waals surface area contributed by atoms with Gasteiger partial charge in [-0.3, -0.25) is 4.79 Å². The Hall–Kier alpha value is -4.26. The lowest BCUT2D eigenvalue weighted by molar-refractivity contribution is -0.114. The molecule has 3 aromatic carbocycles. The molecule has 32 heavy (non-hydrogen) atoms. The first-order valence-corrected chi connectivity index (χ1v) is 10.2. The molecule has 0 amide bonds. The van der Waals surface area contributed by atoms with Crippen LogP contribution >= 0.6 is 0 Å². The van der Waals surface area contributed by atoms with Crippen LogP contribution in [0, 0.1) is 0 Å². The minimum absolute atomic E-state index is 0.130.